The normalized spacial score (nSPS) is 20.0. The first kappa shape index (κ1) is 29.5. The third kappa shape index (κ3) is 8.47. The van der Waals surface area contributed by atoms with E-state index in [4.69, 9.17) is 25.8 Å². The lowest BCUT2D eigenvalue weighted by molar-refractivity contribution is -0.145. The molecule has 0 saturated carbocycles. The molecular weight excluding hydrogens is 526 g/mol. The van der Waals surface area contributed by atoms with Crippen molar-refractivity contribution < 1.29 is 33.4 Å². The van der Waals surface area contributed by atoms with E-state index in [2.05, 4.69) is 10.6 Å². The first-order valence-electron chi connectivity index (χ1n) is 12.4. The van der Waals surface area contributed by atoms with Crippen LogP contribution in [-0.4, -0.2) is 68.0 Å². The van der Waals surface area contributed by atoms with Gasteiger partial charge >= 0.3 is 5.97 Å². The van der Waals surface area contributed by atoms with Crippen LogP contribution in [0.1, 0.15) is 35.7 Å². The highest BCUT2D eigenvalue weighted by molar-refractivity contribution is 6.30. The van der Waals surface area contributed by atoms with Crippen LogP contribution in [0.15, 0.2) is 54.6 Å². The summed E-state index contributed by atoms with van der Waals surface area (Å²) in [7, 11) is 2.78. The largest absolute Gasteiger partial charge is 0.497 e. The number of benzene rings is 2. The maximum atomic E-state index is 13.2. The minimum absolute atomic E-state index is 0.0190. The molecule has 1 aliphatic heterocycles. The van der Waals surface area contributed by atoms with Gasteiger partial charge in [0.15, 0.2) is 0 Å². The van der Waals surface area contributed by atoms with E-state index in [0.717, 1.165) is 5.56 Å². The summed E-state index contributed by atoms with van der Waals surface area (Å²) in [6.45, 7) is 2.18. The number of hydrogen-bond donors (Lipinski definition) is 2. The lowest BCUT2D eigenvalue weighted by Gasteiger charge is -2.24. The predicted octanol–water partition coefficient (Wildman–Crippen LogP) is 2.88. The van der Waals surface area contributed by atoms with Gasteiger partial charge in [0.2, 0.25) is 11.8 Å². The molecule has 0 aromatic heterocycles. The minimum Gasteiger partial charge on any atom is -0.497 e. The van der Waals surface area contributed by atoms with Gasteiger partial charge < -0.3 is 29.7 Å². The molecule has 2 aromatic rings. The zero-order valence-electron chi connectivity index (χ0n) is 22.1. The van der Waals surface area contributed by atoms with Gasteiger partial charge in [0.1, 0.15) is 30.2 Å². The van der Waals surface area contributed by atoms with E-state index in [1.165, 1.54) is 26.2 Å². The summed E-state index contributed by atoms with van der Waals surface area (Å²) >= 11 is 6.11. The Morgan fingerprint density at radius 1 is 1.08 bits per heavy atom. The highest BCUT2D eigenvalue weighted by Gasteiger charge is 2.27. The molecule has 3 amide bonds. The number of carbonyl (C=O) groups is 4. The number of halogens is 1. The molecule has 0 aliphatic carbocycles. The van der Waals surface area contributed by atoms with Gasteiger partial charge in [0.25, 0.3) is 5.91 Å². The fraction of sp³-hybridized carbons (Fsp3) is 0.357. The van der Waals surface area contributed by atoms with Crippen LogP contribution in [0.25, 0.3) is 0 Å². The number of nitrogens with zero attached hydrogens (tertiary/aromatic N) is 1. The summed E-state index contributed by atoms with van der Waals surface area (Å²) in [5.74, 6) is -1.13. The van der Waals surface area contributed by atoms with E-state index in [0.29, 0.717) is 17.3 Å². The Kier molecular flexibility index (Phi) is 10.7. The number of rotatable bonds is 4. The second kappa shape index (κ2) is 14.2. The Balaban J connectivity index is 1.88. The number of hydrogen-bond acceptors (Lipinski definition) is 7. The van der Waals surface area contributed by atoms with Gasteiger partial charge in [-0.15, -0.1) is 0 Å². The maximum absolute atomic E-state index is 13.2. The molecule has 3 rings (SSSR count). The van der Waals surface area contributed by atoms with Gasteiger partial charge in [0.05, 0.1) is 19.8 Å². The first-order valence-corrected chi connectivity index (χ1v) is 12.8. The van der Waals surface area contributed by atoms with Crippen molar-refractivity contribution in [2.24, 2.45) is 0 Å². The van der Waals surface area contributed by atoms with Gasteiger partial charge in [-0.05, 0) is 55.3 Å². The average molecular weight is 558 g/mol. The van der Waals surface area contributed by atoms with Crippen molar-refractivity contribution in [3.8, 4) is 11.5 Å². The zero-order chi connectivity index (χ0) is 28.4. The maximum Gasteiger partial charge on any atom is 0.328 e. The Bertz CT molecular complexity index is 1220. The second-order valence-electron chi connectivity index (χ2n) is 8.86. The molecule has 2 atom stereocenters. The molecule has 0 spiro atoms. The number of amides is 3. The van der Waals surface area contributed by atoms with E-state index in [9.17, 15) is 19.2 Å². The molecule has 2 N–H and O–H groups in total. The smallest absolute Gasteiger partial charge is 0.328 e. The Morgan fingerprint density at radius 2 is 1.82 bits per heavy atom. The van der Waals surface area contributed by atoms with Crippen molar-refractivity contribution in [3.63, 3.8) is 0 Å². The topological polar surface area (TPSA) is 123 Å². The standard InChI is InChI=1S/C28H32ClN3O7/c1-18-26(34)31-23(28(36)38-3)12-13-25(33)32(17-19-6-9-21(37-2)10-7-19)14-4-5-15-39-24-16-20(29)8-11-22(24)27(35)30-18/h4-11,16,18,23H,12-15,17H2,1-3H3,(H,30,35)(H,31,34)/b5-4-/t18-,23+/m1/s1. The molecular formula is C28H32ClN3O7. The van der Waals surface area contributed by atoms with Gasteiger partial charge in [-0.3, -0.25) is 14.4 Å². The zero-order valence-corrected chi connectivity index (χ0v) is 22.8. The number of methoxy groups -OCH3 is 2. The van der Waals surface area contributed by atoms with E-state index in [1.54, 1.807) is 30.2 Å². The summed E-state index contributed by atoms with van der Waals surface area (Å²) in [6, 6.07) is 9.84. The SMILES string of the molecule is COC(=O)[C@@H]1CCC(=O)N(Cc2ccc(OC)cc2)C/C=C\COc2cc(Cl)ccc2C(=O)N[C@H](C)C(=O)N1. The molecule has 1 heterocycles. The van der Waals surface area contributed by atoms with Crippen LogP contribution in [0.3, 0.4) is 0 Å². The lowest BCUT2D eigenvalue weighted by atomic mass is 10.1. The van der Waals surface area contributed by atoms with Gasteiger partial charge in [-0.2, -0.15) is 0 Å². The van der Waals surface area contributed by atoms with Crippen LogP contribution < -0.4 is 20.1 Å². The highest BCUT2D eigenvalue weighted by Crippen LogP contribution is 2.24. The Labute approximate surface area is 232 Å². The van der Waals surface area contributed by atoms with Crippen molar-refractivity contribution in [1.82, 2.24) is 15.5 Å². The number of esters is 1. The quantitative estimate of drug-likeness (QED) is 0.437. The third-order valence-corrected chi connectivity index (χ3v) is 6.33. The van der Waals surface area contributed by atoms with Crippen molar-refractivity contribution in [3.05, 3.63) is 70.8 Å². The molecule has 0 bridgehead atoms. The minimum atomic E-state index is -1.07. The first-order chi connectivity index (χ1) is 18.7. The van der Waals surface area contributed by atoms with Crippen molar-refractivity contribution in [1.29, 1.82) is 0 Å². The van der Waals surface area contributed by atoms with Crippen LogP contribution >= 0.6 is 11.6 Å². The van der Waals surface area contributed by atoms with E-state index in [-0.39, 0.29) is 43.2 Å². The average Bonchev–Trinajstić information content (AvgIpc) is 2.93. The molecule has 11 heteroatoms. The number of carbonyl (C=O) groups excluding carboxylic acids is 4. The van der Waals surface area contributed by atoms with Crippen molar-refractivity contribution in [2.75, 3.05) is 27.4 Å². The van der Waals surface area contributed by atoms with Crippen LogP contribution in [0, 0.1) is 0 Å². The van der Waals surface area contributed by atoms with Crippen LogP contribution in [0.2, 0.25) is 5.02 Å². The molecule has 1 aliphatic rings. The monoisotopic (exact) mass is 557 g/mol. The summed E-state index contributed by atoms with van der Waals surface area (Å²) < 4.78 is 15.8. The Hall–Kier alpha value is -4.05. The van der Waals surface area contributed by atoms with E-state index >= 15 is 0 Å². The molecule has 0 unspecified atom stereocenters. The summed E-state index contributed by atoms with van der Waals surface area (Å²) in [5.41, 5.74) is 1.08. The van der Waals surface area contributed by atoms with E-state index in [1.807, 2.05) is 24.3 Å². The third-order valence-electron chi connectivity index (χ3n) is 6.09. The second-order valence-corrected chi connectivity index (χ2v) is 9.30. The van der Waals surface area contributed by atoms with Crippen molar-refractivity contribution in [2.45, 2.75) is 38.4 Å². The molecule has 208 valence electrons. The fourth-order valence-electron chi connectivity index (χ4n) is 3.87. The highest BCUT2D eigenvalue weighted by atomic mass is 35.5. The van der Waals surface area contributed by atoms with Gasteiger partial charge in [0, 0.05) is 24.5 Å². The van der Waals surface area contributed by atoms with Crippen LogP contribution in [0.4, 0.5) is 0 Å². The molecule has 0 saturated heterocycles. The number of nitrogens with one attached hydrogen (secondary N) is 2. The molecule has 0 fully saturated rings. The van der Waals surface area contributed by atoms with Crippen LogP contribution in [0.5, 0.6) is 11.5 Å². The van der Waals surface area contributed by atoms with Gasteiger partial charge in [-0.1, -0.05) is 29.8 Å². The fourth-order valence-corrected chi connectivity index (χ4v) is 4.03. The molecule has 10 nitrogen and oxygen atoms in total. The Morgan fingerprint density at radius 3 is 2.51 bits per heavy atom. The summed E-state index contributed by atoms with van der Waals surface area (Å²) in [5, 5.41) is 5.56. The number of fused-ring (bicyclic) bond motifs is 1. The molecule has 39 heavy (non-hydrogen) atoms. The molecule has 0 radical (unpaired) electrons. The summed E-state index contributed by atoms with van der Waals surface area (Å²) in [6.07, 6.45) is 3.52. The predicted molar refractivity (Wildman–Crippen MR) is 145 cm³/mol. The molecule has 2 aromatic carbocycles. The van der Waals surface area contributed by atoms with E-state index < -0.39 is 29.9 Å². The lowest BCUT2D eigenvalue weighted by Crippen LogP contribution is -2.51. The van der Waals surface area contributed by atoms with Crippen molar-refractivity contribution >= 4 is 35.3 Å². The van der Waals surface area contributed by atoms with Gasteiger partial charge in [-0.25, -0.2) is 4.79 Å². The van der Waals surface area contributed by atoms with Crippen LogP contribution in [-0.2, 0) is 25.7 Å². The summed E-state index contributed by atoms with van der Waals surface area (Å²) in [4.78, 5) is 53.0. The number of ether oxygens (including phenoxy) is 3.